The SMILES string of the molecule is O=C(CCCCCN1C(=O)C(Cl)=C(Cl)S1(=O)=O)OCc1ccccc1. The molecular weight excluding hydrogens is 389 g/mol. The number of ether oxygens (including phenoxy) is 1. The molecule has 0 aromatic heterocycles. The van der Waals surface area contributed by atoms with Gasteiger partial charge in [0, 0.05) is 13.0 Å². The zero-order chi connectivity index (χ0) is 18.4. The van der Waals surface area contributed by atoms with Gasteiger partial charge in [0.2, 0.25) is 0 Å². The summed E-state index contributed by atoms with van der Waals surface area (Å²) in [6.07, 6.45) is 1.73. The van der Waals surface area contributed by atoms with Gasteiger partial charge in [-0.25, -0.2) is 4.31 Å². The van der Waals surface area contributed by atoms with Gasteiger partial charge in [0.15, 0.2) is 4.36 Å². The van der Waals surface area contributed by atoms with E-state index >= 15 is 0 Å². The molecule has 25 heavy (non-hydrogen) atoms. The molecule has 1 aliphatic heterocycles. The molecular formula is C16H17Cl2NO5S. The molecule has 1 aromatic carbocycles. The number of sulfonamides is 1. The summed E-state index contributed by atoms with van der Waals surface area (Å²) in [6.45, 7) is 0.204. The molecule has 0 saturated heterocycles. The Kier molecular flexibility index (Phi) is 6.87. The number of carbonyl (C=O) groups is 2. The van der Waals surface area contributed by atoms with E-state index in [1.807, 2.05) is 30.3 Å². The average Bonchev–Trinajstić information content (AvgIpc) is 2.74. The average molecular weight is 406 g/mol. The van der Waals surface area contributed by atoms with Gasteiger partial charge in [0.05, 0.1) is 0 Å². The second-order valence-electron chi connectivity index (χ2n) is 5.43. The minimum Gasteiger partial charge on any atom is -0.461 e. The van der Waals surface area contributed by atoms with E-state index in [0.717, 1.165) is 5.56 Å². The highest BCUT2D eigenvalue weighted by molar-refractivity contribution is 7.95. The van der Waals surface area contributed by atoms with Gasteiger partial charge < -0.3 is 4.74 Å². The normalized spacial score (nSPS) is 16.4. The van der Waals surface area contributed by atoms with Gasteiger partial charge in [0.1, 0.15) is 11.6 Å². The van der Waals surface area contributed by atoms with Crippen LogP contribution in [0, 0.1) is 0 Å². The summed E-state index contributed by atoms with van der Waals surface area (Å²) in [7, 11) is -4.00. The van der Waals surface area contributed by atoms with E-state index < -0.39 is 25.3 Å². The van der Waals surface area contributed by atoms with Crippen LogP contribution in [0.4, 0.5) is 0 Å². The number of esters is 1. The first-order valence-electron chi connectivity index (χ1n) is 7.66. The standard InChI is InChI=1S/C16H17Cl2NO5S/c17-14-15(18)25(22,23)19(16(14)21)10-6-2-5-9-13(20)24-11-12-7-3-1-4-8-12/h1,3-4,7-8H,2,5-6,9-11H2. The fraction of sp³-hybridized carbons (Fsp3) is 0.375. The Balaban J connectivity index is 1.65. The number of carbonyl (C=O) groups excluding carboxylic acids is 2. The molecule has 0 N–H and O–H groups in total. The van der Waals surface area contributed by atoms with Gasteiger partial charge >= 0.3 is 5.97 Å². The van der Waals surface area contributed by atoms with Crippen molar-refractivity contribution in [2.24, 2.45) is 0 Å². The van der Waals surface area contributed by atoms with E-state index in [9.17, 15) is 18.0 Å². The summed E-state index contributed by atoms with van der Waals surface area (Å²) in [4.78, 5) is 23.4. The summed E-state index contributed by atoms with van der Waals surface area (Å²) in [5.74, 6) is -1.13. The van der Waals surface area contributed by atoms with Crippen molar-refractivity contribution in [1.82, 2.24) is 4.31 Å². The number of rotatable bonds is 8. The number of halogens is 2. The van der Waals surface area contributed by atoms with Crippen molar-refractivity contribution in [3.63, 3.8) is 0 Å². The minimum atomic E-state index is -4.00. The zero-order valence-electron chi connectivity index (χ0n) is 13.3. The number of benzene rings is 1. The van der Waals surface area contributed by atoms with Crippen LogP contribution < -0.4 is 0 Å². The lowest BCUT2D eigenvalue weighted by molar-refractivity contribution is -0.145. The predicted molar refractivity (Wildman–Crippen MR) is 94.1 cm³/mol. The van der Waals surface area contributed by atoms with Crippen LogP contribution in [0.5, 0.6) is 0 Å². The van der Waals surface area contributed by atoms with Crippen molar-refractivity contribution in [2.45, 2.75) is 32.3 Å². The maximum absolute atomic E-state index is 11.9. The Morgan fingerprint density at radius 1 is 1.08 bits per heavy atom. The first-order valence-corrected chi connectivity index (χ1v) is 9.85. The number of hydrogen-bond donors (Lipinski definition) is 0. The Morgan fingerprint density at radius 2 is 1.76 bits per heavy atom. The molecule has 9 heteroatoms. The molecule has 0 atom stereocenters. The molecule has 0 spiro atoms. The first kappa shape index (κ1) is 19.8. The molecule has 6 nitrogen and oxygen atoms in total. The molecule has 0 saturated carbocycles. The lowest BCUT2D eigenvalue weighted by Gasteiger charge is -2.14. The van der Waals surface area contributed by atoms with E-state index in [0.29, 0.717) is 23.6 Å². The Hall–Kier alpha value is -1.57. The largest absolute Gasteiger partial charge is 0.461 e. The van der Waals surface area contributed by atoms with Crippen molar-refractivity contribution in [3.8, 4) is 0 Å². The molecule has 1 heterocycles. The quantitative estimate of drug-likeness (QED) is 0.490. The summed E-state index contributed by atoms with van der Waals surface area (Å²) in [6, 6.07) is 9.34. The van der Waals surface area contributed by atoms with Crippen molar-refractivity contribution in [2.75, 3.05) is 6.54 Å². The van der Waals surface area contributed by atoms with Gasteiger partial charge in [-0.2, -0.15) is 8.42 Å². The van der Waals surface area contributed by atoms with Crippen LogP contribution >= 0.6 is 23.2 Å². The molecule has 0 radical (unpaired) electrons. The third-order valence-electron chi connectivity index (χ3n) is 3.59. The Bertz CT molecular complexity index is 777. The van der Waals surface area contributed by atoms with Gasteiger partial charge in [-0.15, -0.1) is 0 Å². The molecule has 1 aliphatic rings. The van der Waals surface area contributed by atoms with Crippen LogP contribution in [-0.2, 0) is 31.0 Å². The second-order valence-corrected chi connectivity index (χ2v) is 8.21. The van der Waals surface area contributed by atoms with Crippen molar-refractivity contribution in [1.29, 1.82) is 0 Å². The Labute approximate surface area is 156 Å². The zero-order valence-corrected chi connectivity index (χ0v) is 15.6. The highest BCUT2D eigenvalue weighted by atomic mass is 35.5. The van der Waals surface area contributed by atoms with Gasteiger partial charge in [-0.1, -0.05) is 60.0 Å². The lowest BCUT2D eigenvalue weighted by atomic mass is 10.2. The van der Waals surface area contributed by atoms with E-state index in [1.165, 1.54) is 0 Å². The third-order valence-corrected chi connectivity index (χ3v) is 6.51. The molecule has 0 aliphatic carbocycles. The number of unbranched alkanes of at least 4 members (excludes halogenated alkanes) is 2. The predicted octanol–water partition coefficient (Wildman–Crippen LogP) is 3.11. The number of amides is 1. The van der Waals surface area contributed by atoms with Crippen molar-refractivity contribution < 1.29 is 22.7 Å². The number of nitrogens with zero attached hydrogens (tertiary/aromatic N) is 1. The maximum atomic E-state index is 11.9. The summed E-state index contributed by atoms with van der Waals surface area (Å²) in [5, 5.41) is -0.480. The molecule has 1 aromatic rings. The van der Waals surface area contributed by atoms with Crippen LogP contribution in [0.2, 0.25) is 0 Å². The van der Waals surface area contributed by atoms with Crippen molar-refractivity contribution in [3.05, 3.63) is 45.3 Å². The Morgan fingerprint density at radius 3 is 2.36 bits per heavy atom. The maximum Gasteiger partial charge on any atom is 0.306 e. The summed E-state index contributed by atoms with van der Waals surface area (Å²) in [5.41, 5.74) is 0.912. The third kappa shape index (κ3) is 4.96. The summed E-state index contributed by atoms with van der Waals surface area (Å²) >= 11 is 11.1. The topological polar surface area (TPSA) is 80.8 Å². The highest BCUT2D eigenvalue weighted by Crippen LogP contribution is 2.33. The van der Waals surface area contributed by atoms with Crippen molar-refractivity contribution >= 4 is 45.1 Å². The lowest BCUT2D eigenvalue weighted by Crippen LogP contribution is -2.32. The van der Waals surface area contributed by atoms with E-state index in [1.54, 1.807) is 0 Å². The monoisotopic (exact) mass is 405 g/mol. The van der Waals surface area contributed by atoms with Crippen LogP contribution in [0.1, 0.15) is 31.2 Å². The van der Waals surface area contributed by atoms with Crippen LogP contribution in [0.15, 0.2) is 39.7 Å². The molecule has 0 bridgehead atoms. The molecule has 0 unspecified atom stereocenters. The van der Waals surface area contributed by atoms with Gasteiger partial charge in [0.25, 0.3) is 15.9 Å². The van der Waals surface area contributed by atoms with Crippen LogP contribution in [0.25, 0.3) is 0 Å². The molecule has 136 valence electrons. The fourth-order valence-corrected chi connectivity index (χ4v) is 4.21. The van der Waals surface area contributed by atoms with E-state index in [4.69, 9.17) is 27.9 Å². The van der Waals surface area contributed by atoms with Crippen LogP contribution in [0.3, 0.4) is 0 Å². The van der Waals surface area contributed by atoms with Crippen LogP contribution in [-0.4, -0.2) is 31.1 Å². The molecule has 1 amide bonds. The fourth-order valence-electron chi connectivity index (χ4n) is 2.25. The van der Waals surface area contributed by atoms with E-state index in [-0.39, 0.29) is 25.5 Å². The number of hydrogen-bond acceptors (Lipinski definition) is 5. The minimum absolute atomic E-state index is 0.0212. The highest BCUT2D eigenvalue weighted by Gasteiger charge is 2.41. The van der Waals surface area contributed by atoms with Gasteiger partial charge in [-0.3, -0.25) is 9.59 Å². The second kappa shape index (κ2) is 8.69. The van der Waals surface area contributed by atoms with E-state index in [2.05, 4.69) is 0 Å². The summed E-state index contributed by atoms with van der Waals surface area (Å²) < 4.78 is 28.9. The first-order chi connectivity index (χ1) is 11.8. The smallest absolute Gasteiger partial charge is 0.306 e. The molecule has 0 fully saturated rings. The molecule has 2 rings (SSSR count). The van der Waals surface area contributed by atoms with Gasteiger partial charge in [-0.05, 0) is 18.4 Å².